The van der Waals surface area contributed by atoms with Crippen LogP contribution < -0.4 is 14.8 Å². The Morgan fingerprint density at radius 3 is 2.50 bits per heavy atom. The molecule has 0 saturated heterocycles. The monoisotopic (exact) mass is 330 g/mol. The lowest BCUT2D eigenvalue weighted by atomic mass is 10.2. The molecule has 0 saturated carbocycles. The van der Waals surface area contributed by atoms with Crippen molar-refractivity contribution in [2.24, 2.45) is 0 Å². The van der Waals surface area contributed by atoms with Gasteiger partial charge in [-0.2, -0.15) is 0 Å². The number of nitrogens with one attached hydrogen (secondary N) is 1. The van der Waals surface area contributed by atoms with Crippen molar-refractivity contribution in [2.45, 2.75) is 20.0 Å². The molecule has 7 heteroatoms. The van der Waals surface area contributed by atoms with Crippen LogP contribution in [0.1, 0.15) is 13.8 Å². The quantitative estimate of drug-likeness (QED) is 0.620. The molecule has 2 aromatic rings. The molecule has 0 aliphatic rings. The molecular formula is C17H18N2O5. The van der Waals surface area contributed by atoms with E-state index in [4.69, 9.17) is 9.47 Å². The van der Waals surface area contributed by atoms with E-state index in [2.05, 4.69) is 5.32 Å². The number of carbonyl (C=O) groups excluding carboxylic acids is 1. The first-order chi connectivity index (χ1) is 11.5. The van der Waals surface area contributed by atoms with Crippen LogP contribution in [0.5, 0.6) is 11.5 Å². The van der Waals surface area contributed by atoms with Crippen LogP contribution in [-0.4, -0.2) is 23.5 Å². The fourth-order valence-electron chi connectivity index (χ4n) is 2.00. The van der Waals surface area contributed by atoms with E-state index >= 15 is 0 Å². The Kier molecular flexibility index (Phi) is 5.73. The summed E-state index contributed by atoms with van der Waals surface area (Å²) < 4.78 is 10.8. The standard InChI is InChI=1S/C17H18N2O5/c1-3-23-14-10-8-13(9-11-14)18-17(20)12(2)24-16-7-5-4-6-15(16)19(21)22/h4-12H,3H2,1-2H3,(H,18,20)/t12-/m1/s1. The molecule has 0 aromatic heterocycles. The highest BCUT2D eigenvalue weighted by atomic mass is 16.6. The molecule has 0 heterocycles. The van der Waals surface area contributed by atoms with Crippen LogP contribution >= 0.6 is 0 Å². The zero-order valence-corrected chi connectivity index (χ0v) is 13.4. The molecule has 0 aliphatic heterocycles. The van der Waals surface area contributed by atoms with Crippen molar-refractivity contribution in [2.75, 3.05) is 11.9 Å². The number of nitro benzene ring substituents is 1. The molecule has 1 atom stereocenters. The van der Waals surface area contributed by atoms with E-state index in [1.54, 1.807) is 30.3 Å². The van der Waals surface area contributed by atoms with Gasteiger partial charge in [-0.1, -0.05) is 12.1 Å². The molecule has 7 nitrogen and oxygen atoms in total. The second-order valence-corrected chi connectivity index (χ2v) is 4.93. The van der Waals surface area contributed by atoms with Gasteiger partial charge in [0.25, 0.3) is 5.91 Å². The number of amides is 1. The SMILES string of the molecule is CCOc1ccc(NC(=O)[C@@H](C)Oc2ccccc2[N+](=O)[O-])cc1. The summed E-state index contributed by atoms with van der Waals surface area (Å²) in [6, 6.07) is 12.8. The molecule has 24 heavy (non-hydrogen) atoms. The number of anilines is 1. The summed E-state index contributed by atoms with van der Waals surface area (Å²) in [4.78, 5) is 22.6. The van der Waals surface area contributed by atoms with Crippen LogP contribution in [0.3, 0.4) is 0 Å². The zero-order valence-electron chi connectivity index (χ0n) is 13.4. The predicted molar refractivity (Wildman–Crippen MR) is 89.4 cm³/mol. The van der Waals surface area contributed by atoms with Gasteiger partial charge < -0.3 is 14.8 Å². The lowest BCUT2D eigenvalue weighted by Gasteiger charge is -2.15. The minimum Gasteiger partial charge on any atom is -0.494 e. The molecule has 2 rings (SSSR count). The number of benzene rings is 2. The van der Waals surface area contributed by atoms with E-state index in [9.17, 15) is 14.9 Å². The van der Waals surface area contributed by atoms with Crippen molar-refractivity contribution < 1.29 is 19.2 Å². The fraction of sp³-hybridized carbons (Fsp3) is 0.235. The molecule has 0 radical (unpaired) electrons. The smallest absolute Gasteiger partial charge is 0.310 e. The largest absolute Gasteiger partial charge is 0.494 e. The average Bonchev–Trinajstić information content (AvgIpc) is 2.57. The maximum Gasteiger partial charge on any atom is 0.310 e. The Morgan fingerprint density at radius 2 is 1.88 bits per heavy atom. The van der Waals surface area contributed by atoms with Crippen LogP contribution in [0.4, 0.5) is 11.4 Å². The Morgan fingerprint density at radius 1 is 1.21 bits per heavy atom. The summed E-state index contributed by atoms with van der Waals surface area (Å²) >= 11 is 0. The van der Waals surface area contributed by atoms with Crippen molar-refractivity contribution >= 4 is 17.3 Å². The zero-order chi connectivity index (χ0) is 17.5. The second-order valence-electron chi connectivity index (χ2n) is 4.93. The van der Waals surface area contributed by atoms with Crippen LogP contribution in [0.25, 0.3) is 0 Å². The van der Waals surface area contributed by atoms with E-state index < -0.39 is 16.9 Å². The number of hydrogen-bond acceptors (Lipinski definition) is 5. The van der Waals surface area contributed by atoms with Crippen LogP contribution in [0.15, 0.2) is 48.5 Å². The summed E-state index contributed by atoms with van der Waals surface area (Å²) in [5.41, 5.74) is 0.402. The van der Waals surface area contributed by atoms with Crippen LogP contribution in [0.2, 0.25) is 0 Å². The maximum absolute atomic E-state index is 12.2. The van der Waals surface area contributed by atoms with Crippen molar-refractivity contribution in [1.82, 2.24) is 0 Å². The molecule has 0 fully saturated rings. The number of carbonyl (C=O) groups is 1. The molecule has 1 amide bonds. The van der Waals surface area contributed by atoms with Crippen molar-refractivity contribution in [3.8, 4) is 11.5 Å². The minimum absolute atomic E-state index is 0.0526. The molecule has 126 valence electrons. The lowest BCUT2D eigenvalue weighted by Crippen LogP contribution is -2.30. The van der Waals surface area contributed by atoms with Gasteiger partial charge in [0.1, 0.15) is 5.75 Å². The number of hydrogen-bond donors (Lipinski definition) is 1. The van der Waals surface area contributed by atoms with E-state index in [0.717, 1.165) is 0 Å². The summed E-state index contributed by atoms with van der Waals surface area (Å²) in [7, 11) is 0. The van der Waals surface area contributed by atoms with E-state index in [-0.39, 0.29) is 11.4 Å². The van der Waals surface area contributed by atoms with Crippen molar-refractivity contribution in [3.63, 3.8) is 0 Å². The Labute approximate surface area is 139 Å². The van der Waals surface area contributed by atoms with Gasteiger partial charge in [0, 0.05) is 11.8 Å². The molecule has 2 aromatic carbocycles. The normalized spacial score (nSPS) is 11.4. The number of nitro groups is 1. The number of nitrogens with zero attached hydrogens (tertiary/aromatic N) is 1. The molecule has 1 N–H and O–H groups in total. The minimum atomic E-state index is -0.891. The number of para-hydroxylation sites is 2. The van der Waals surface area contributed by atoms with Gasteiger partial charge in [-0.25, -0.2) is 0 Å². The van der Waals surface area contributed by atoms with Gasteiger partial charge in [-0.15, -0.1) is 0 Å². The third kappa shape index (κ3) is 4.45. The third-order valence-corrected chi connectivity index (χ3v) is 3.17. The van der Waals surface area contributed by atoms with E-state index in [0.29, 0.717) is 18.0 Å². The lowest BCUT2D eigenvalue weighted by molar-refractivity contribution is -0.386. The van der Waals surface area contributed by atoms with Gasteiger partial charge in [0.15, 0.2) is 11.9 Å². The average molecular weight is 330 g/mol. The number of rotatable bonds is 7. The van der Waals surface area contributed by atoms with Crippen molar-refractivity contribution in [3.05, 3.63) is 58.6 Å². The van der Waals surface area contributed by atoms with Crippen molar-refractivity contribution in [1.29, 1.82) is 0 Å². The molecular weight excluding hydrogens is 312 g/mol. The number of ether oxygens (including phenoxy) is 2. The first-order valence-electron chi connectivity index (χ1n) is 7.45. The summed E-state index contributed by atoms with van der Waals surface area (Å²) in [5, 5.41) is 13.7. The Balaban J connectivity index is 2.01. The first-order valence-corrected chi connectivity index (χ1v) is 7.45. The molecule has 0 aliphatic carbocycles. The summed E-state index contributed by atoms with van der Waals surface area (Å²) in [6.45, 7) is 3.98. The van der Waals surface area contributed by atoms with E-state index in [1.165, 1.54) is 25.1 Å². The Bertz CT molecular complexity index is 715. The maximum atomic E-state index is 12.2. The first kappa shape index (κ1) is 17.3. The highest BCUT2D eigenvalue weighted by Crippen LogP contribution is 2.27. The van der Waals surface area contributed by atoms with Crippen LogP contribution in [0, 0.1) is 10.1 Å². The highest BCUT2D eigenvalue weighted by Gasteiger charge is 2.20. The third-order valence-electron chi connectivity index (χ3n) is 3.17. The Hall–Kier alpha value is -3.09. The van der Waals surface area contributed by atoms with Gasteiger partial charge >= 0.3 is 5.69 Å². The second kappa shape index (κ2) is 7.96. The predicted octanol–water partition coefficient (Wildman–Crippen LogP) is 3.40. The van der Waals surface area contributed by atoms with Crippen LogP contribution in [-0.2, 0) is 4.79 Å². The summed E-state index contributed by atoms with van der Waals surface area (Å²) in [6.07, 6.45) is -0.891. The molecule has 0 spiro atoms. The highest BCUT2D eigenvalue weighted by molar-refractivity contribution is 5.94. The molecule has 0 unspecified atom stereocenters. The van der Waals surface area contributed by atoms with Gasteiger partial charge in [-0.05, 0) is 44.2 Å². The summed E-state index contributed by atoms with van der Waals surface area (Å²) in [5.74, 6) is 0.355. The van der Waals surface area contributed by atoms with E-state index in [1.807, 2.05) is 6.92 Å². The van der Waals surface area contributed by atoms with Gasteiger partial charge in [-0.3, -0.25) is 14.9 Å². The fourth-order valence-corrected chi connectivity index (χ4v) is 2.00. The van der Waals surface area contributed by atoms with Gasteiger partial charge in [0.2, 0.25) is 0 Å². The van der Waals surface area contributed by atoms with Gasteiger partial charge in [0.05, 0.1) is 11.5 Å². The molecule has 0 bridgehead atoms. The topological polar surface area (TPSA) is 90.7 Å².